The molecule has 0 fully saturated rings. The van der Waals surface area contributed by atoms with Crippen molar-refractivity contribution >= 4 is 17.8 Å². The van der Waals surface area contributed by atoms with Crippen molar-refractivity contribution in [1.82, 2.24) is 0 Å². The number of aryl methyl sites for hydroxylation is 1. The van der Waals surface area contributed by atoms with Crippen molar-refractivity contribution in [3.8, 4) is 0 Å². The molecule has 0 spiro atoms. The summed E-state index contributed by atoms with van der Waals surface area (Å²) in [6.45, 7) is 2.57. The van der Waals surface area contributed by atoms with E-state index < -0.39 is 5.97 Å². The third-order valence-corrected chi connectivity index (χ3v) is 3.60. The molecule has 0 radical (unpaired) electrons. The third-order valence-electron chi connectivity index (χ3n) is 3.60. The highest BCUT2D eigenvalue weighted by Crippen LogP contribution is 2.12. The van der Waals surface area contributed by atoms with Gasteiger partial charge >= 0.3 is 5.97 Å². The van der Waals surface area contributed by atoms with Gasteiger partial charge in [-0.1, -0.05) is 36.4 Å². The van der Waals surface area contributed by atoms with Crippen molar-refractivity contribution in [3.63, 3.8) is 0 Å². The average molecular weight is 324 g/mol. The average Bonchev–Trinajstić information content (AvgIpc) is 2.61. The number of carbonyl (C=O) groups is 2. The van der Waals surface area contributed by atoms with Gasteiger partial charge in [0.05, 0.1) is 18.4 Å². The van der Waals surface area contributed by atoms with E-state index in [0.29, 0.717) is 25.0 Å². The van der Waals surface area contributed by atoms with Gasteiger partial charge in [0.1, 0.15) is 0 Å². The summed E-state index contributed by atoms with van der Waals surface area (Å²) in [6, 6.07) is 14.0. The normalized spacial score (nSPS) is 10.7. The molecule has 0 aromatic heterocycles. The van der Waals surface area contributed by atoms with Crippen LogP contribution < -0.4 is 0 Å². The Morgan fingerprint density at radius 1 is 1.00 bits per heavy atom. The highest BCUT2D eigenvalue weighted by atomic mass is 16.5. The number of hydrogen-bond donors (Lipinski definition) is 1. The van der Waals surface area contributed by atoms with Crippen LogP contribution in [0.3, 0.4) is 0 Å². The highest BCUT2D eigenvalue weighted by molar-refractivity contribution is 5.97. The van der Waals surface area contributed by atoms with Gasteiger partial charge < -0.3 is 9.84 Å². The van der Waals surface area contributed by atoms with Crippen LogP contribution in [0.15, 0.2) is 54.8 Å². The summed E-state index contributed by atoms with van der Waals surface area (Å²) in [6.07, 6.45) is 4.59. The fourth-order valence-corrected chi connectivity index (χ4v) is 2.22. The van der Waals surface area contributed by atoms with E-state index in [-0.39, 0.29) is 11.3 Å². The van der Waals surface area contributed by atoms with E-state index in [0.717, 1.165) is 11.1 Å². The zero-order valence-electron chi connectivity index (χ0n) is 13.6. The monoisotopic (exact) mass is 324 g/mol. The molecule has 4 nitrogen and oxygen atoms in total. The fraction of sp³-hybridized carbons (Fsp3) is 0.200. The number of benzene rings is 2. The molecule has 0 aliphatic carbocycles. The summed E-state index contributed by atoms with van der Waals surface area (Å²) in [7, 11) is 0. The first-order chi connectivity index (χ1) is 11.6. The number of hydrogen-bond acceptors (Lipinski definition) is 3. The molecule has 4 heteroatoms. The second kappa shape index (κ2) is 8.67. The minimum absolute atomic E-state index is 0.00672. The van der Waals surface area contributed by atoms with Gasteiger partial charge in [-0.05, 0) is 42.7 Å². The molecule has 0 atom stereocenters. The standard InChI is InChI=1S/C20H20O4/c1-2-24-14-13-16-5-3-15(4-6-16)7-12-19(21)17-8-10-18(11-9-17)20(22)23/h3-6,8-11,13-14H,2,7,12H2,1H3,(H,22,23)/b14-13+. The molecular formula is C20H20O4. The van der Waals surface area contributed by atoms with Crippen LogP contribution in [0.4, 0.5) is 0 Å². The number of carbonyl (C=O) groups excluding carboxylic acids is 1. The number of carboxylic acids is 1. The zero-order valence-corrected chi connectivity index (χ0v) is 13.6. The summed E-state index contributed by atoms with van der Waals surface area (Å²) in [5.41, 5.74) is 2.85. The van der Waals surface area contributed by atoms with Gasteiger partial charge in [0, 0.05) is 12.0 Å². The van der Waals surface area contributed by atoms with Crippen molar-refractivity contribution in [2.75, 3.05) is 6.61 Å². The second-order valence-electron chi connectivity index (χ2n) is 5.31. The molecule has 0 bridgehead atoms. The predicted molar refractivity (Wildman–Crippen MR) is 93.2 cm³/mol. The van der Waals surface area contributed by atoms with Crippen molar-refractivity contribution in [2.45, 2.75) is 19.8 Å². The minimum atomic E-state index is -0.993. The van der Waals surface area contributed by atoms with Gasteiger partial charge in [-0.15, -0.1) is 0 Å². The summed E-state index contributed by atoms with van der Waals surface area (Å²) >= 11 is 0. The van der Waals surface area contributed by atoms with Crippen LogP contribution in [0, 0.1) is 0 Å². The molecule has 0 unspecified atom stereocenters. The van der Waals surface area contributed by atoms with E-state index in [2.05, 4.69) is 0 Å². The molecule has 0 saturated carbocycles. The van der Waals surface area contributed by atoms with Gasteiger partial charge in [0.15, 0.2) is 5.78 Å². The zero-order chi connectivity index (χ0) is 17.4. The molecule has 1 N–H and O–H groups in total. The Morgan fingerprint density at radius 3 is 2.21 bits per heavy atom. The lowest BCUT2D eigenvalue weighted by molar-refractivity contribution is 0.0696. The minimum Gasteiger partial charge on any atom is -0.501 e. The lowest BCUT2D eigenvalue weighted by Crippen LogP contribution is -2.03. The first kappa shape index (κ1) is 17.5. The highest BCUT2D eigenvalue weighted by Gasteiger charge is 2.08. The van der Waals surface area contributed by atoms with Crippen LogP contribution in [-0.4, -0.2) is 23.5 Å². The maximum Gasteiger partial charge on any atom is 0.335 e. The van der Waals surface area contributed by atoms with Crippen LogP contribution >= 0.6 is 0 Å². The Labute approximate surface area is 141 Å². The van der Waals surface area contributed by atoms with Crippen molar-refractivity contribution in [2.24, 2.45) is 0 Å². The summed E-state index contributed by atoms with van der Waals surface area (Å²) in [5.74, 6) is -0.986. The molecule has 24 heavy (non-hydrogen) atoms. The van der Waals surface area contributed by atoms with Gasteiger partial charge in [0.25, 0.3) is 0 Å². The Hall–Kier alpha value is -2.88. The molecule has 2 aromatic rings. The number of ether oxygens (including phenoxy) is 1. The molecule has 124 valence electrons. The molecular weight excluding hydrogens is 304 g/mol. The largest absolute Gasteiger partial charge is 0.501 e. The molecule has 2 aromatic carbocycles. The van der Waals surface area contributed by atoms with Gasteiger partial charge in [-0.25, -0.2) is 4.79 Å². The van der Waals surface area contributed by atoms with Gasteiger partial charge in [0.2, 0.25) is 0 Å². The number of ketones is 1. The molecule has 0 aliphatic heterocycles. The van der Waals surface area contributed by atoms with Crippen molar-refractivity contribution < 1.29 is 19.4 Å². The molecule has 0 saturated heterocycles. The number of Topliss-reactive ketones (excluding diaryl/α,β-unsaturated/α-hetero) is 1. The predicted octanol–water partition coefficient (Wildman–Crippen LogP) is 4.21. The topological polar surface area (TPSA) is 63.6 Å². The lowest BCUT2D eigenvalue weighted by atomic mass is 10.0. The number of carboxylic acid groups (broad SMARTS) is 1. The summed E-state index contributed by atoms with van der Waals surface area (Å²) in [5, 5.41) is 8.86. The van der Waals surface area contributed by atoms with E-state index in [1.807, 2.05) is 37.3 Å². The van der Waals surface area contributed by atoms with Crippen LogP contribution in [0.2, 0.25) is 0 Å². The molecule has 2 rings (SSSR count). The first-order valence-electron chi connectivity index (χ1n) is 7.84. The Morgan fingerprint density at radius 2 is 1.62 bits per heavy atom. The van der Waals surface area contributed by atoms with Crippen LogP contribution in [-0.2, 0) is 11.2 Å². The van der Waals surface area contributed by atoms with E-state index in [9.17, 15) is 9.59 Å². The van der Waals surface area contributed by atoms with Gasteiger partial charge in [-0.3, -0.25) is 4.79 Å². The van der Waals surface area contributed by atoms with Crippen LogP contribution in [0.25, 0.3) is 6.08 Å². The van der Waals surface area contributed by atoms with Crippen molar-refractivity contribution in [1.29, 1.82) is 0 Å². The smallest absolute Gasteiger partial charge is 0.335 e. The maximum atomic E-state index is 12.2. The van der Waals surface area contributed by atoms with E-state index in [4.69, 9.17) is 9.84 Å². The Bertz CT molecular complexity index is 712. The molecule has 0 aliphatic rings. The quantitative estimate of drug-likeness (QED) is 0.583. The van der Waals surface area contributed by atoms with Crippen molar-refractivity contribution in [3.05, 3.63) is 77.0 Å². The lowest BCUT2D eigenvalue weighted by Gasteiger charge is -2.03. The van der Waals surface area contributed by atoms with E-state index in [1.165, 1.54) is 12.1 Å². The maximum absolute atomic E-state index is 12.2. The number of rotatable bonds is 8. The molecule has 0 amide bonds. The first-order valence-corrected chi connectivity index (χ1v) is 7.84. The Kier molecular flexibility index (Phi) is 6.32. The van der Waals surface area contributed by atoms with E-state index >= 15 is 0 Å². The third kappa shape index (κ3) is 5.09. The van der Waals surface area contributed by atoms with E-state index in [1.54, 1.807) is 18.4 Å². The summed E-state index contributed by atoms with van der Waals surface area (Å²) in [4.78, 5) is 23.0. The second-order valence-corrected chi connectivity index (χ2v) is 5.31. The Balaban J connectivity index is 1.90. The van der Waals surface area contributed by atoms with Crippen LogP contribution in [0.1, 0.15) is 45.2 Å². The number of aromatic carboxylic acids is 1. The summed E-state index contributed by atoms with van der Waals surface area (Å²) < 4.78 is 5.16. The fourth-order valence-electron chi connectivity index (χ4n) is 2.22. The van der Waals surface area contributed by atoms with Gasteiger partial charge in [-0.2, -0.15) is 0 Å². The SMILES string of the molecule is CCO/C=C/c1ccc(CCC(=O)c2ccc(C(=O)O)cc2)cc1. The molecule has 0 heterocycles. The van der Waals surface area contributed by atoms with Crippen LogP contribution in [0.5, 0.6) is 0 Å².